The van der Waals surface area contributed by atoms with E-state index in [-0.39, 0.29) is 23.5 Å². The van der Waals surface area contributed by atoms with Crippen LogP contribution in [0.1, 0.15) is 21.5 Å². The normalized spacial score (nSPS) is 10.8. The van der Waals surface area contributed by atoms with Gasteiger partial charge in [0.1, 0.15) is 5.75 Å². The Hall–Kier alpha value is -2.59. The van der Waals surface area contributed by atoms with Gasteiger partial charge in [0.25, 0.3) is 0 Å². The van der Waals surface area contributed by atoms with Crippen LogP contribution in [0.3, 0.4) is 0 Å². The zero-order valence-corrected chi connectivity index (χ0v) is 12.2. The molecule has 2 N–H and O–H groups in total. The van der Waals surface area contributed by atoms with Crippen molar-refractivity contribution in [2.24, 2.45) is 0 Å². The van der Waals surface area contributed by atoms with Gasteiger partial charge in [0.05, 0.1) is 6.42 Å². The molecule has 0 saturated heterocycles. The first-order valence-corrected chi connectivity index (χ1v) is 6.85. The molecule has 0 atom stereocenters. The molecular formula is C17H13ClO4. The van der Waals surface area contributed by atoms with Crippen LogP contribution in [0.2, 0.25) is 5.02 Å². The summed E-state index contributed by atoms with van der Waals surface area (Å²) in [7, 11) is 0. The minimum Gasteiger partial charge on any atom is -0.508 e. The van der Waals surface area contributed by atoms with Gasteiger partial charge in [-0.1, -0.05) is 29.8 Å². The molecule has 0 aliphatic heterocycles. The summed E-state index contributed by atoms with van der Waals surface area (Å²) in [6.45, 7) is 0. The Bertz CT molecular complexity index is 733. The molecule has 0 radical (unpaired) electrons. The number of ketones is 1. The number of benzene rings is 2. The summed E-state index contributed by atoms with van der Waals surface area (Å²) in [6, 6.07) is 11.2. The molecule has 112 valence electrons. The van der Waals surface area contributed by atoms with E-state index in [9.17, 15) is 14.7 Å². The summed E-state index contributed by atoms with van der Waals surface area (Å²) >= 11 is 5.78. The number of allylic oxidation sites excluding steroid dienone is 1. The molecule has 5 heteroatoms. The highest BCUT2D eigenvalue weighted by Gasteiger charge is 2.10. The standard InChI is InChI=1S/C17H13ClO4/c18-14-5-1-11(2-6-14)3-7-15(19)12-4-8-16(20)13(9-12)10-17(21)22/h1-9,20H,10H2,(H,21,22). The highest BCUT2D eigenvalue weighted by molar-refractivity contribution is 6.30. The minimum atomic E-state index is -1.07. The number of carboxylic acid groups (broad SMARTS) is 1. The zero-order valence-electron chi connectivity index (χ0n) is 11.5. The third-order valence-electron chi connectivity index (χ3n) is 3.00. The molecule has 0 saturated carbocycles. The molecule has 0 spiro atoms. The number of carbonyl (C=O) groups excluding carboxylic acids is 1. The van der Waals surface area contributed by atoms with E-state index >= 15 is 0 Å². The number of phenolic OH excluding ortho intramolecular Hbond substituents is 1. The maximum Gasteiger partial charge on any atom is 0.307 e. The molecule has 4 nitrogen and oxygen atoms in total. The SMILES string of the molecule is O=C(O)Cc1cc(C(=O)C=Cc2ccc(Cl)cc2)ccc1O. The van der Waals surface area contributed by atoms with Gasteiger partial charge in [0, 0.05) is 16.1 Å². The molecule has 22 heavy (non-hydrogen) atoms. The molecule has 0 bridgehead atoms. The van der Waals surface area contributed by atoms with Gasteiger partial charge in [-0.25, -0.2) is 0 Å². The van der Waals surface area contributed by atoms with Crippen molar-refractivity contribution >= 4 is 29.4 Å². The van der Waals surface area contributed by atoms with Crippen LogP contribution in [0.15, 0.2) is 48.5 Å². The molecular weight excluding hydrogens is 304 g/mol. The van der Waals surface area contributed by atoms with E-state index in [0.29, 0.717) is 10.6 Å². The first kappa shape index (κ1) is 15.8. The highest BCUT2D eigenvalue weighted by atomic mass is 35.5. The van der Waals surface area contributed by atoms with E-state index in [4.69, 9.17) is 16.7 Å². The van der Waals surface area contributed by atoms with Crippen molar-refractivity contribution < 1.29 is 19.8 Å². The fourth-order valence-corrected chi connectivity index (χ4v) is 2.01. The van der Waals surface area contributed by atoms with Crippen molar-refractivity contribution in [1.82, 2.24) is 0 Å². The predicted molar refractivity (Wildman–Crippen MR) is 84.3 cm³/mol. The summed E-state index contributed by atoms with van der Waals surface area (Å²) in [6.07, 6.45) is 2.69. The van der Waals surface area contributed by atoms with Gasteiger partial charge in [-0.05, 0) is 42.0 Å². The van der Waals surface area contributed by atoms with Crippen LogP contribution in [0, 0.1) is 0 Å². The van der Waals surface area contributed by atoms with Crippen LogP contribution in [0.4, 0.5) is 0 Å². The van der Waals surface area contributed by atoms with Crippen molar-refractivity contribution in [1.29, 1.82) is 0 Å². The molecule has 2 rings (SSSR count). The predicted octanol–water partition coefficient (Wildman–Crippen LogP) is 3.57. The Morgan fingerprint density at radius 3 is 2.41 bits per heavy atom. The third kappa shape index (κ3) is 4.20. The number of carbonyl (C=O) groups is 2. The Morgan fingerprint density at radius 1 is 1.09 bits per heavy atom. The second-order valence-corrected chi connectivity index (χ2v) is 5.10. The molecule has 2 aromatic rings. The quantitative estimate of drug-likeness (QED) is 0.653. The van der Waals surface area contributed by atoms with E-state index in [1.54, 1.807) is 30.3 Å². The minimum absolute atomic E-state index is 0.138. The summed E-state index contributed by atoms with van der Waals surface area (Å²) in [4.78, 5) is 22.8. The average molecular weight is 317 g/mol. The van der Waals surface area contributed by atoms with Gasteiger partial charge < -0.3 is 10.2 Å². The number of carboxylic acids is 1. The highest BCUT2D eigenvalue weighted by Crippen LogP contribution is 2.20. The smallest absolute Gasteiger partial charge is 0.307 e. The molecule has 0 aliphatic rings. The van der Waals surface area contributed by atoms with E-state index in [1.165, 1.54) is 24.3 Å². The zero-order chi connectivity index (χ0) is 16.1. The first-order chi connectivity index (χ1) is 10.5. The van der Waals surface area contributed by atoms with Gasteiger partial charge in [-0.2, -0.15) is 0 Å². The number of hydrogen-bond acceptors (Lipinski definition) is 3. The Balaban J connectivity index is 2.18. The topological polar surface area (TPSA) is 74.6 Å². The van der Waals surface area contributed by atoms with Gasteiger partial charge in [0.2, 0.25) is 0 Å². The molecule has 2 aromatic carbocycles. The number of phenols is 1. The Kier molecular flexibility index (Phi) is 4.96. The van der Waals surface area contributed by atoms with Gasteiger partial charge in [-0.3, -0.25) is 9.59 Å². The van der Waals surface area contributed by atoms with Gasteiger partial charge >= 0.3 is 5.97 Å². The van der Waals surface area contributed by atoms with E-state index in [2.05, 4.69) is 0 Å². The van der Waals surface area contributed by atoms with Crippen molar-refractivity contribution in [2.45, 2.75) is 6.42 Å². The Morgan fingerprint density at radius 2 is 1.77 bits per heavy atom. The lowest BCUT2D eigenvalue weighted by atomic mass is 10.0. The van der Waals surface area contributed by atoms with Crippen LogP contribution < -0.4 is 0 Å². The maximum absolute atomic E-state index is 12.1. The van der Waals surface area contributed by atoms with E-state index < -0.39 is 5.97 Å². The van der Waals surface area contributed by atoms with Crippen LogP contribution in [-0.2, 0) is 11.2 Å². The molecule has 0 aromatic heterocycles. The molecule has 0 amide bonds. The molecule has 0 fully saturated rings. The fraction of sp³-hybridized carbons (Fsp3) is 0.0588. The monoisotopic (exact) mass is 316 g/mol. The summed E-state index contributed by atoms with van der Waals surface area (Å²) in [5, 5.41) is 19.0. The van der Waals surface area contributed by atoms with Crippen molar-refractivity contribution in [3.8, 4) is 5.75 Å². The molecule has 0 unspecified atom stereocenters. The number of aromatic hydroxyl groups is 1. The van der Waals surface area contributed by atoms with Crippen molar-refractivity contribution in [3.05, 3.63) is 70.3 Å². The first-order valence-electron chi connectivity index (χ1n) is 6.47. The van der Waals surface area contributed by atoms with E-state index in [0.717, 1.165) is 5.56 Å². The van der Waals surface area contributed by atoms with Crippen molar-refractivity contribution in [3.63, 3.8) is 0 Å². The summed E-state index contributed by atoms with van der Waals surface area (Å²) in [5.41, 5.74) is 1.35. The van der Waals surface area contributed by atoms with Crippen LogP contribution in [-0.4, -0.2) is 22.0 Å². The van der Waals surface area contributed by atoms with E-state index in [1.807, 2.05) is 0 Å². The number of aliphatic carboxylic acids is 1. The molecule has 0 heterocycles. The summed E-state index contributed by atoms with van der Waals surface area (Å²) in [5.74, 6) is -1.49. The van der Waals surface area contributed by atoms with Crippen LogP contribution in [0.5, 0.6) is 5.75 Å². The average Bonchev–Trinajstić information content (AvgIpc) is 2.48. The second-order valence-electron chi connectivity index (χ2n) is 4.66. The largest absolute Gasteiger partial charge is 0.508 e. The lowest BCUT2D eigenvalue weighted by Gasteiger charge is -2.04. The number of halogens is 1. The van der Waals surface area contributed by atoms with Crippen molar-refractivity contribution in [2.75, 3.05) is 0 Å². The lowest BCUT2D eigenvalue weighted by molar-refractivity contribution is -0.136. The van der Waals surface area contributed by atoms with Gasteiger partial charge in [-0.15, -0.1) is 0 Å². The molecule has 0 aliphatic carbocycles. The fourth-order valence-electron chi connectivity index (χ4n) is 1.89. The second kappa shape index (κ2) is 6.91. The summed E-state index contributed by atoms with van der Waals surface area (Å²) < 4.78 is 0. The number of hydrogen-bond donors (Lipinski definition) is 2. The maximum atomic E-state index is 12.1. The number of rotatable bonds is 5. The lowest BCUT2D eigenvalue weighted by Crippen LogP contribution is -2.02. The Labute approximate surface area is 132 Å². The van der Waals surface area contributed by atoms with Crippen LogP contribution in [0.25, 0.3) is 6.08 Å². The van der Waals surface area contributed by atoms with Crippen LogP contribution >= 0.6 is 11.6 Å². The van der Waals surface area contributed by atoms with Gasteiger partial charge in [0.15, 0.2) is 5.78 Å². The third-order valence-corrected chi connectivity index (χ3v) is 3.25.